The molecule has 2 N–H and O–H groups in total. The van der Waals surface area contributed by atoms with Crippen LogP contribution in [-0.4, -0.2) is 23.9 Å². The lowest BCUT2D eigenvalue weighted by molar-refractivity contribution is 0.475. The van der Waals surface area contributed by atoms with Crippen LogP contribution in [0.4, 0.5) is 0 Å². The van der Waals surface area contributed by atoms with Gasteiger partial charge in [0.1, 0.15) is 11.5 Å². The summed E-state index contributed by atoms with van der Waals surface area (Å²) in [6.45, 7) is 0. The molecular weight excluding hydrogens is 651 g/mol. The number of rotatable bonds is 4. The van der Waals surface area contributed by atoms with Gasteiger partial charge >= 0.3 is 0 Å². The molecule has 0 amide bonds. The van der Waals surface area contributed by atoms with Crippen LogP contribution < -0.4 is 0 Å². The number of phenols is 2. The Labute approximate surface area is 304 Å². The molecule has 0 spiro atoms. The topological polar surface area (TPSA) is 55.2 Å². The molecule has 11 rings (SSSR count). The van der Waals surface area contributed by atoms with Crippen molar-refractivity contribution in [2.45, 2.75) is 0 Å². The summed E-state index contributed by atoms with van der Waals surface area (Å²) in [5.74, 6) is 0.478. The third kappa shape index (κ3) is 4.38. The molecule has 0 bridgehead atoms. The van der Waals surface area contributed by atoms with E-state index in [1.807, 2.05) is 42.5 Å². The first kappa shape index (κ1) is 29.5. The molecule has 0 aliphatic carbocycles. The number of hydrogen-bond donors (Lipinski definition) is 2. The van der Waals surface area contributed by atoms with Gasteiger partial charge in [0, 0.05) is 49.4 Å². The number of fused-ring (bicyclic) bond motifs is 9. The summed E-state index contributed by atoms with van der Waals surface area (Å²) in [7, 11) is 0. The molecule has 3 heterocycles. The third-order valence-corrected chi connectivity index (χ3v) is 10.8. The van der Waals surface area contributed by atoms with E-state index in [2.05, 4.69) is 135 Å². The molecule has 0 atom stereocenters. The van der Waals surface area contributed by atoms with E-state index in [-0.39, 0.29) is 11.5 Å². The second-order valence-electron chi connectivity index (χ2n) is 13.8. The molecule has 53 heavy (non-hydrogen) atoms. The van der Waals surface area contributed by atoms with Crippen LogP contribution in [0.2, 0.25) is 0 Å². The Morgan fingerprint density at radius 2 is 0.604 bits per heavy atom. The highest BCUT2D eigenvalue weighted by Gasteiger charge is 2.18. The van der Waals surface area contributed by atoms with Crippen molar-refractivity contribution in [1.29, 1.82) is 0 Å². The standard InChI is InChI=1S/C48H31N3O2/c52-35-20-24-47-41(28-35)39-26-30(14-22-45(39)49(47)32-8-2-1-3-9-32)31-15-23-46-40(27-31)42-29-36(53)21-25-48(42)51(46)34-18-16-33(17-19-34)50-43-12-6-4-10-37(43)38-11-5-7-13-44(38)50/h1-29,52-53H. The minimum Gasteiger partial charge on any atom is -0.508 e. The first-order valence-electron chi connectivity index (χ1n) is 17.8. The molecule has 0 saturated heterocycles. The van der Waals surface area contributed by atoms with Crippen molar-refractivity contribution in [3.63, 3.8) is 0 Å². The first-order valence-corrected chi connectivity index (χ1v) is 17.8. The summed E-state index contributed by atoms with van der Waals surface area (Å²) < 4.78 is 6.86. The van der Waals surface area contributed by atoms with Gasteiger partial charge in [-0.2, -0.15) is 0 Å². The first-order chi connectivity index (χ1) is 26.1. The van der Waals surface area contributed by atoms with E-state index in [0.29, 0.717) is 0 Å². The Bertz CT molecular complexity index is 3190. The Balaban J connectivity index is 1.07. The Kier molecular flexibility index (Phi) is 6.19. The summed E-state index contributed by atoms with van der Waals surface area (Å²) in [5, 5.41) is 27.8. The van der Waals surface area contributed by atoms with Crippen molar-refractivity contribution in [2.24, 2.45) is 0 Å². The van der Waals surface area contributed by atoms with E-state index >= 15 is 0 Å². The van der Waals surface area contributed by atoms with Crippen LogP contribution in [0.25, 0.3) is 93.6 Å². The maximum Gasteiger partial charge on any atom is 0.116 e. The molecule has 0 radical (unpaired) electrons. The highest BCUT2D eigenvalue weighted by atomic mass is 16.3. The number of hydrogen-bond acceptors (Lipinski definition) is 2. The summed E-state index contributed by atoms with van der Waals surface area (Å²) in [4.78, 5) is 0. The summed E-state index contributed by atoms with van der Waals surface area (Å²) in [6.07, 6.45) is 0. The number of para-hydroxylation sites is 3. The fourth-order valence-electron chi connectivity index (χ4n) is 8.47. The average Bonchev–Trinajstić information content (AvgIpc) is 3.83. The minimum atomic E-state index is 0.235. The molecule has 0 saturated carbocycles. The van der Waals surface area contributed by atoms with Gasteiger partial charge in [-0.1, -0.05) is 66.7 Å². The lowest BCUT2D eigenvalue weighted by Gasteiger charge is -2.12. The van der Waals surface area contributed by atoms with E-state index in [9.17, 15) is 10.2 Å². The lowest BCUT2D eigenvalue weighted by atomic mass is 10.0. The maximum atomic E-state index is 10.7. The van der Waals surface area contributed by atoms with Gasteiger partial charge in [0.05, 0.1) is 33.1 Å². The van der Waals surface area contributed by atoms with Gasteiger partial charge in [-0.15, -0.1) is 0 Å². The van der Waals surface area contributed by atoms with E-state index in [4.69, 9.17) is 0 Å². The van der Waals surface area contributed by atoms with Gasteiger partial charge < -0.3 is 23.9 Å². The fourth-order valence-corrected chi connectivity index (χ4v) is 8.47. The molecule has 3 aromatic heterocycles. The third-order valence-electron chi connectivity index (χ3n) is 10.8. The number of aromatic nitrogens is 3. The Hall–Kier alpha value is -7.24. The van der Waals surface area contributed by atoms with Crippen molar-refractivity contribution in [3.8, 4) is 39.7 Å². The maximum absolute atomic E-state index is 10.7. The van der Waals surface area contributed by atoms with Crippen molar-refractivity contribution >= 4 is 65.4 Å². The monoisotopic (exact) mass is 681 g/mol. The van der Waals surface area contributed by atoms with E-state index in [1.54, 1.807) is 12.1 Å². The highest BCUT2D eigenvalue weighted by Crippen LogP contribution is 2.40. The van der Waals surface area contributed by atoms with Crippen LogP contribution in [0, 0.1) is 0 Å². The number of aromatic hydroxyl groups is 2. The van der Waals surface area contributed by atoms with Crippen molar-refractivity contribution in [1.82, 2.24) is 13.7 Å². The summed E-state index contributed by atoms with van der Waals surface area (Å²) in [5.41, 5.74) is 11.9. The fraction of sp³-hybridized carbons (Fsp3) is 0. The SMILES string of the molecule is Oc1ccc2c(c1)c1cc(-c3ccc4c(c3)c3cc(O)ccc3n4-c3ccc(-n4c5ccccc5c5ccccc54)cc3)ccc1n2-c1ccccc1. The van der Waals surface area contributed by atoms with E-state index in [0.717, 1.165) is 71.8 Å². The molecule has 0 aliphatic heterocycles. The van der Waals surface area contributed by atoms with Gasteiger partial charge in [-0.05, 0) is 120 Å². The van der Waals surface area contributed by atoms with Gasteiger partial charge in [-0.25, -0.2) is 0 Å². The minimum absolute atomic E-state index is 0.235. The van der Waals surface area contributed by atoms with Gasteiger partial charge in [0.25, 0.3) is 0 Å². The summed E-state index contributed by atoms with van der Waals surface area (Å²) in [6, 6.07) is 60.6. The predicted octanol–water partition coefficient (Wildman–Crippen LogP) is 12.1. The molecule has 0 unspecified atom stereocenters. The molecule has 8 aromatic carbocycles. The predicted molar refractivity (Wildman–Crippen MR) is 218 cm³/mol. The molecule has 250 valence electrons. The van der Waals surface area contributed by atoms with E-state index in [1.165, 1.54) is 21.8 Å². The van der Waals surface area contributed by atoms with Crippen LogP contribution in [0.1, 0.15) is 0 Å². The molecule has 5 heteroatoms. The van der Waals surface area contributed by atoms with Crippen molar-refractivity contribution < 1.29 is 10.2 Å². The molecular formula is C48H31N3O2. The van der Waals surface area contributed by atoms with Gasteiger partial charge in [0.15, 0.2) is 0 Å². The molecule has 0 fully saturated rings. The zero-order valence-electron chi connectivity index (χ0n) is 28.5. The number of nitrogens with zero attached hydrogens (tertiary/aromatic N) is 3. The smallest absolute Gasteiger partial charge is 0.116 e. The Morgan fingerprint density at radius 3 is 1.06 bits per heavy atom. The van der Waals surface area contributed by atoms with Crippen LogP contribution in [0.5, 0.6) is 11.5 Å². The second kappa shape index (κ2) is 11.1. The van der Waals surface area contributed by atoms with Crippen LogP contribution in [-0.2, 0) is 0 Å². The van der Waals surface area contributed by atoms with Crippen molar-refractivity contribution in [2.75, 3.05) is 0 Å². The summed E-state index contributed by atoms with van der Waals surface area (Å²) >= 11 is 0. The van der Waals surface area contributed by atoms with Gasteiger partial charge in [0.2, 0.25) is 0 Å². The van der Waals surface area contributed by atoms with Crippen LogP contribution in [0.3, 0.4) is 0 Å². The second-order valence-corrected chi connectivity index (χ2v) is 13.8. The van der Waals surface area contributed by atoms with Crippen molar-refractivity contribution in [3.05, 3.63) is 176 Å². The van der Waals surface area contributed by atoms with E-state index < -0.39 is 0 Å². The van der Waals surface area contributed by atoms with Crippen LogP contribution in [0.15, 0.2) is 176 Å². The molecule has 0 aliphatic rings. The highest BCUT2D eigenvalue weighted by molar-refractivity contribution is 6.13. The molecule has 11 aromatic rings. The largest absolute Gasteiger partial charge is 0.508 e. The number of benzene rings is 8. The van der Waals surface area contributed by atoms with Crippen LogP contribution >= 0.6 is 0 Å². The zero-order valence-corrected chi connectivity index (χ0v) is 28.5. The normalized spacial score (nSPS) is 11.9. The zero-order chi connectivity index (χ0) is 35.2. The Morgan fingerprint density at radius 1 is 0.264 bits per heavy atom. The number of phenolic OH excluding ortho intramolecular Hbond substituents is 2. The average molecular weight is 682 g/mol. The quantitative estimate of drug-likeness (QED) is 0.194. The van der Waals surface area contributed by atoms with Gasteiger partial charge in [-0.3, -0.25) is 0 Å². The molecule has 5 nitrogen and oxygen atoms in total. The lowest BCUT2D eigenvalue weighted by Crippen LogP contribution is -1.97.